The van der Waals surface area contributed by atoms with Gasteiger partial charge in [0.1, 0.15) is 0 Å². The monoisotopic (exact) mass is 170 g/mol. The molecule has 0 radical (unpaired) electrons. The molecule has 0 saturated carbocycles. The van der Waals surface area contributed by atoms with Gasteiger partial charge in [-0.2, -0.15) is 0 Å². The Labute approximate surface area is 76.3 Å². The smallest absolute Gasteiger partial charge is 0.0114 e. The maximum absolute atomic E-state index is 3.39. The Kier molecular flexibility index (Phi) is 3.53. The summed E-state index contributed by atoms with van der Waals surface area (Å²) in [6, 6.07) is 1.45. The molecule has 2 atom stereocenters. The van der Waals surface area contributed by atoms with Crippen molar-refractivity contribution in [1.29, 1.82) is 0 Å². The van der Waals surface area contributed by atoms with E-state index in [1.807, 2.05) is 0 Å². The van der Waals surface area contributed by atoms with Crippen molar-refractivity contribution in [3.63, 3.8) is 0 Å². The molecule has 0 aromatic carbocycles. The Morgan fingerprint density at radius 2 is 2.08 bits per heavy atom. The van der Waals surface area contributed by atoms with Crippen molar-refractivity contribution in [1.82, 2.24) is 10.2 Å². The fourth-order valence-corrected chi connectivity index (χ4v) is 2.08. The second-order valence-electron chi connectivity index (χ2n) is 4.25. The summed E-state index contributed by atoms with van der Waals surface area (Å²) in [5.74, 6) is 0.797. The summed E-state index contributed by atoms with van der Waals surface area (Å²) in [7, 11) is 2.08. The van der Waals surface area contributed by atoms with Gasteiger partial charge in [0.2, 0.25) is 0 Å². The SMILES string of the molecule is CNC1CCN(C(C)C)C[C@@H]1C. The van der Waals surface area contributed by atoms with Gasteiger partial charge in [-0.25, -0.2) is 0 Å². The van der Waals surface area contributed by atoms with E-state index >= 15 is 0 Å². The van der Waals surface area contributed by atoms with Crippen LogP contribution in [-0.2, 0) is 0 Å². The summed E-state index contributed by atoms with van der Waals surface area (Å²) in [4.78, 5) is 2.57. The van der Waals surface area contributed by atoms with Gasteiger partial charge in [-0.1, -0.05) is 6.92 Å². The number of hydrogen-bond acceptors (Lipinski definition) is 2. The van der Waals surface area contributed by atoms with Crippen molar-refractivity contribution in [3.8, 4) is 0 Å². The molecule has 1 saturated heterocycles. The Bertz CT molecular complexity index is 134. The van der Waals surface area contributed by atoms with Gasteiger partial charge in [-0.05, 0) is 39.8 Å². The van der Waals surface area contributed by atoms with Crippen LogP contribution in [0.5, 0.6) is 0 Å². The average molecular weight is 170 g/mol. The molecule has 0 amide bonds. The first-order valence-corrected chi connectivity index (χ1v) is 5.06. The maximum Gasteiger partial charge on any atom is 0.0114 e. The molecule has 1 unspecified atom stereocenters. The van der Waals surface area contributed by atoms with E-state index in [9.17, 15) is 0 Å². The minimum Gasteiger partial charge on any atom is -0.317 e. The summed E-state index contributed by atoms with van der Waals surface area (Å²) >= 11 is 0. The zero-order chi connectivity index (χ0) is 9.14. The van der Waals surface area contributed by atoms with Crippen LogP contribution in [0.15, 0.2) is 0 Å². The number of nitrogens with zero attached hydrogens (tertiary/aromatic N) is 1. The molecule has 2 nitrogen and oxygen atoms in total. The van der Waals surface area contributed by atoms with Crippen LogP contribution < -0.4 is 5.32 Å². The highest BCUT2D eigenvalue weighted by Crippen LogP contribution is 2.17. The third-order valence-corrected chi connectivity index (χ3v) is 3.04. The number of likely N-dealkylation sites (tertiary alicyclic amines) is 1. The van der Waals surface area contributed by atoms with E-state index in [0.717, 1.165) is 12.0 Å². The molecule has 1 N–H and O–H groups in total. The molecule has 0 aromatic heterocycles. The van der Waals surface area contributed by atoms with Gasteiger partial charge in [0.05, 0.1) is 0 Å². The van der Waals surface area contributed by atoms with Gasteiger partial charge in [-0.3, -0.25) is 0 Å². The van der Waals surface area contributed by atoms with E-state index in [2.05, 4.69) is 38.0 Å². The first kappa shape index (κ1) is 10.0. The van der Waals surface area contributed by atoms with Crippen LogP contribution in [-0.4, -0.2) is 37.1 Å². The fraction of sp³-hybridized carbons (Fsp3) is 1.00. The second kappa shape index (κ2) is 4.24. The molecule has 0 bridgehead atoms. The molecule has 0 aliphatic carbocycles. The summed E-state index contributed by atoms with van der Waals surface area (Å²) < 4.78 is 0. The molecule has 1 aliphatic rings. The Balaban J connectivity index is 2.40. The van der Waals surface area contributed by atoms with E-state index < -0.39 is 0 Å². The molecule has 2 heteroatoms. The van der Waals surface area contributed by atoms with Crippen molar-refractivity contribution in [3.05, 3.63) is 0 Å². The van der Waals surface area contributed by atoms with E-state index in [0.29, 0.717) is 6.04 Å². The van der Waals surface area contributed by atoms with Crippen LogP contribution in [0, 0.1) is 5.92 Å². The normalized spacial score (nSPS) is 32.8. The van der Waals surface area contributed by atoms with Crippen LogP contribution in [0.25, 0.3) is 0 Å². The highest BCUT2D eigenvalue weighted by molar-refractivity contribution is 4.82. The highest BCUT2D eigenvalue weighted by Gasteiger charge is 2.25. The standard InChI is InChI=1S/C10H22N2/c1-8(2)12-6-5-10(11-4)9(3)7-12/h8-11H,5-7H2,1-4H3/t9-,10?/m0/s1. The number of hydrogen-bond donors (Lipinski definition) is 1. The van der Waals surface area contributed by atoms with Crippen molar-refractivity contribution in [2.75, 3.05) is 20.1 Å². The quantitative estimate of drug-likeness (QED) is 0.672. The predicted molar refractivity (Wildman–Crippen MR) is 53.3 cm³/mol. The van der Waals surface area contributed by atoms with Crippen LogP contribution in [0.3, 0.4) is 0 Å². The summed E-state index contributed by atoms with van der Waals surface area (Å²) in [6.07, 6.45) is 1.30. The third-order valence-electron chi connectivity index (χ3n) is 3.04. The molecular weight excluding hydrogens is 148 g/mol. The minimum atomic E-state index is 0.713. The minimum absolute atomic E-state index is 0.713. The van der Waals surface area contributed by atoms with Gasteiger partial charge in [0, 0.05) is 18.6 Å². The lowest BCUT2D eigenvalue weighted by atomic mass is 9.93. The maximum atomic E-state index is 3.39. The van der Waals surface area contributed by atoms with Crippen LogP contribution in [0.4, 0.5) is 0 Å². The molecule has 0 spiro atoms. The average Bonchev–Trinajstić information content (AvgIpc) is 2.04. The highest BCUT2D eigenvalue weighted by atomic mass is 15.2. The first-order valence-electron chi connectivity index (χ1n) is 5.06. The van der Waals surface area contributed by atoms with Crippen molar-refractivity contribution in [2.24, 2.45) is 5.92 Å². The topological polar surface area (TPSA) is 15.3 Å². The molecule has 12 heavy (non-hydrogen) atoms. The van der Waals surface area contributed by atoms with E-state index in [-0.39, 0.29) is 0 Å². The molecule has 1 heterocycles. The Morgan fingerprint density at radius 1 is 1.42 bits per heavy atom. The molecule has 0 aromatic rings. The zero-order valence-corrected chi connectivity index (χ0v) is 8.80. The van der Waals surface area contributed by atoms with Gasteiger partial charge in [0.25, 0.3) is 0 Å². The number of piperidine rings is 1. The Hall–Kier alpha value is -0.0800. The van der Waals surface area contributed by atoms with E-state index in [1.165, 1.54) is 19.5 Å². The summed E-state index contributed by atoms with van der Waals surface area (Å²) in [6.45, 7) is 9.42. The number of nitrogens with one attached hydrogen (secondary N) is 1. The van der Waals surface area contributed by atoms with Crippen LogP contribution in [0.1, 0.15) is 27.2 Å². The first-order chi connectivity index (χ1) is 5.65. The van der Waals surface area contributed by atoms with Gasteiger partial charge >= 0.3 is 0 Å². The third kappa shape index (κ3) is 2.20. The van der Waals surface area contributed by atoms with Crippen LogP contribution >= 0.6 is 0 Å². The lowest BCUT2D eigenvalue weighted by Gasteiger charge is -2.38. The lowest BCUT2D eigenvalue weighted by Crippen LogP contribution is -2.49. The molecule has 1 aliphatic heterocycles. The van der Waals surface area contributed by atoms with Gasteiger partial charge in [0.15, 0.2) is 0 Å². The largest absolute Gasteiger partial charge is 0.317 e. The zero-order valence-electron chi connectivity index (χ0n) is 8.80. The van der Waals surface area contributed by atoms with E-state index in [4.69, 9.17) is 0 Å². The fourth-order valence-electron chi connectivity index (χ4n) is 2.08. The summed E-state index contributed by atoms with van der Waals surface area (Å²) in [5.41, 5.74) is 0. The van der Waals surface area contributed by atoms with Gasteiger partial charge in [-0.15, -0.1) is 0 Å². The predicted octanol–water partition coefficient (Wildman–Crippen LogP) is 1.32. The van der Waals surface area contributed by atoms with Crippen molar-refractivity contribution < 1.29 is 0 Å². The van der Waals surface area contributed by atoms with Crippen LogP contribution in [0.2, 0.25) is 0 Å². The van der Waals surface area contributed by atoms with Crippen molar-refractivity contribution in [2.45, 2.75) is 39.3 Å². The Morgan fingerprint density at radius 3 is 2.50 bits per heavy atom. The molecular formula is C10H22N2. The molecule has 1 fully saturated rings. The van der Waals surface area contributed by atoms with E-state index in [1.54, 1.807) is 0 Å². The van der Waals surface area contributed by atoms with Crippen molar-refractivity contribution >= 4 is 0 Å². The molecule has 72 valence electrons. The molecule has 1 rings (SSSR count). The van der Waals surface area contributed by atoms with Gasteiger partial charge < -0.3 is 10.2 Å². The lowest BCUT2D eigenvalue weighted by molar-refractivity contribution is 0.121. The summed E-state index contributed by atoms with van der Waals surface area (Å²) in [5, 5.41) is 3.39. The number of rotatable bonds is 2. The second-order valence-corrected chi connectivity index (χ2v) is 4.25.